The van der Waals surface area contributed by atoms with E-state index in [1.807, 2.05) is 24.3 Å². The number of pyridine rings is 1. The number of benzene rings is 1. The molecule has 1 N–H and O–H groups in total. The molecule has 0 radical (unpaired) electrons. The number of nitrogens with zero attached hydrogens (tertiary/aromatic N) is 2. The van der Waals surface area contributed by atoms with Gasteiger partial charge in [0.25, 0.3) is 0 Å². The predicted octanol–water partition coefficient (Wildman–Crippen LogP) is 3.26. The van der Waals surface area contributed by atoms with E-state index in [1.165, 1.54) is 11.8 Å². The Hall–Kier alpha value is -2.34. The van der Waals surface area contributed by atoms with Crippen LogP contribution in [0.25, 0.3) is 11.1 Å². The molecule has 6 heteroatoms. The van der Waals surface area contributed by atoms with Gasteiger partial charge in [-0.1, -0.05) is 0 Å². The number of oxazole rings is 1. The van der Waals surface area contributed by atoms with Crippen molar-refractivity contribution in [3.8, 4) is 0 Å². The van der Waals surface area contributed by atoms with Crippen molar-refractivity contribution in [1.29, 1.82) is 0 Å². The number of anilines is 1. The van der Waals surface area contributed by atoms with E-state index in [1.54, 1.807) is 25.4 Å². The molecule has 0 bridgehead atoms. The summed E-state index contributed by atoms with van der Waals surface area (Å²) in [5, 5.41) is 2.85. The van der Waals surface area contributed by atoms with E-state index < -0.39 is 0 Å². The number of thioether (sulfide) groups is 1. The number of aromatic nitrogens is 2. The van der Waals surface area contributed by atoms with Crippen LogP contribution >= 0.6 is 11.8 Å². The first-order chi connectivity index (χ1) is 10.2. The molecule has 2 aromatic heterocycles. The minimum Gasteiger partial charge on any atom is -0.441 e. The van der Waals surface area contributed by atoms with E-state index in [0.29, 0.717) is 22.9 Å². The molecule has 106 valence electrons. The molecule has 1 amide bonds. The maximum atomic E-state index is 11.9. The first-order valence-corrected chi connectivity index (χ1v) is 7.39. The summed E-state index contributed by atoms with van der Waals surface area (Å²) in [5.74, 6) is 0.895. The molecule has 5 nitrogen and oxygen atoms in total. The summed E-state index contributed by atoms with van der Waals surface area (Å²) in [4.78, 5) is 21.1. The normalized spacial score (nSPS) is 10.7. The quantitative estimate of drug-likeness (QED) is 0.749. The van der Waals surface area contributed by atoms with E-state index in [2.05, 4.69) is 15.3 Å². The number of amides is 1. The van der Waals surface area contributed by atoms with Crippen molar-refractivity contribution in [3.05, 3.63) is 48.6 Å². The largest absolute Gasteiger partial charge is 0.441 e. The molecule has 0 atom stereocenters. The fourth-order valence-corrected chi connectivity index (χ4v) is 2.58. The topological polar surface area (TPSA) is 68.0 Å². The number of aryl methyl sites for hydroxylation is 1. The zero-order valence-corrected chi connectivity index (χ0v) is 12.2. The number of carbonyl (C=O) groups is 1. The van der Waals surface area contributed by atoms with Crippen LogP contribution in [0.4, 0.5) is 5.69 Å². The number of carbonyl (C=O) groups excluding carboxylic acids is 1. The van der Waals surface area contributed by atoms with Crippen LogP contribution in [0.1, 0.15) is 5.89 Å². The number of hydrogen-bond acceptors (Lipinski definition) is 5. The third-order valence-electron chi connectivity index (χ3n) is 2.80. The molecule has 21 heavy (non-hydrogen) atoms. The SMILES string of the molecule is Cc1nc2ccc(NC(=O)CSc3ccncc3)cc2o1. The summed E-state index contributed by atoms with van der Waals surface area (Å²) < 4.78 is 5.44. The van der Waals surface area contributed by atoms with E-state index >= 15 is 0 Å². The van der Waals surface area contributed by atoms with Gasteiger partial charge in [0.15, 0.2) is 11.5 Å². The molecule has 0 aliphatic carbocycles. The third-order valence-corrected chi connectivity index (χ3v) is 3.81. The van der Waals surface area contributed by atoms with Gasteiger partial charge in [0.1, 0.15) is 5.52 Å². The number of fused-ring (bicyclic) bond motifs is 1. The Morgan fingerprint density at radius 2 is 2.10 bits per heavy atom. The molecule has 0 unspecified atom stereocenters. The maximum Gasteiger partial charge on any atom is 0.234 e. The van der Waals surface area contributed by atoms with Gasteiger partial charge in [-0.05, 0) is 24.3 Å². The van der Waals surface area contributed by atoms with Gasteiger partial charge in [-0.25, -0.2) is 4.98 Å². The fourth-order valence-electron chi connectivity index (χ4n) is 1.90. The van der Waals surface area contributed by atoms with Crippen LogP contribution < -0.4 is 5.32 Å². The van der Waals surface area contributed by atoms with Gasteiger partial charge < -0.3 is 9.73 Å². The second kappa shape index (κ2) is 5.97. The molecule has 0 aliphatic heterocycles. The van der Waals surface area contributed by atoms with Crippen LogP contribution in [0, 0.1) is 6.92 Å². The molecule has 0 saturated heterocycles. The average molecular weight is 299 g/mol. The highest BCUT2D eigenvalue weighted by Crippen LogP contribution is 2.21. The zero-order chi connectivity index (χ0) is 14.7. The minimum atomic E-state index is -0.0626. The van der Waals surface area contributed by atoms with Crippen LogP contribution in [0.3, 0.4) is 0 Å². The highest BCUT2D eigenvalue weighted by molar-refractivity contribution is 8.00. The predicted molar refractivity (Wildman–Crippen MR) is 82.3 cm³/mol. The van der Waals surface area contributed by atoms with Crippen molar-refractivity contribution < 1.29 is 9.21 Å². The van der Waals surface area contributed by atoms with Crippen LogP contribution in [0.2, 0.25) is 0 Å². The lowest BCUT2D eigenvalue weighted by atomic mass is 10.3. The Kier molecular flexibility index (Phi) is 3.87. The standard InChI is InChI=1S/C15H13N3O2S/c1-10-17-13-3-2-11(8-14(13)20-10)18-15(19)9-21-12-4-6-16-7-5-12/h2-8H,9H2,1H3,(H,18,19). The number of hydrogen-bond donors (Lipinski definition) is 1. The van der Waals surface area contributed by atoms with Crippen LogP contribution in [0.5, 0.6) is 0 Å². The monoisotopic (exact) mass is 299 g/mol. The molecular formula is C15H13N3O2S. The third kappa shape index (κ3) is 3.41. The van der Waals surface area contributed by atoms with Gasteiger partial charge in [-0.3, -0.25) is 9.78 Å². The van der Waals surface area contributed by atoms with Crippen molar-refractivity contribution in [3.63, 3.8) is 0 Å². The van der Waals surface area contributed by atoms with Gasteiger partial charge >= 0.3 is 0 Å². The van der Waals surface area contributed by atoms with E-state index in [-0.39, 0.29) is 5.91 Å². The number of rotatable bonds is 4. The number of nitrogens with one attached hydrogen (secondary N) is 1. The summed E-state index contributed by atoms with van der Waals surface area (Å²) >= 11 is 1.47. The van der Waals surface area contributed by atoms with Gasteiger partial charge in [0, 0.05) is 36.0 Å². The van der Waals surface area contributed by atoms with Gasteiger partial charge in [-0.2, -0.15) is 0 Å². The smallest absolute Gasteiger partial charge is 0.234 e. The zero-order valence-electron chi connectivity index (χ0n) is 11.4. The van der Waals surface area contributed by atoms with Crippen molar-refractivity contribution in [1.82, 2.24) is 9.97 Å². The molecule has 0 saturated carbocycles. The van der Waals surface area contributed by atoms with Crippen LogP contribution in [-0.4, -0.2) is 21.6 Å². The Morgan fingerprint density at radius 1 is 1.29 bits per heavy atom. The molecule has 0 fully saturated rings. The van der Waals surface area contributed by atoms with Crippen molar-refractivity contribution >= 4 is 34.5 Å². The molecule has 3 rings (SSSR count). The van der Waals surface area contributed by atoms with Crippen LogP contribution in [-0.2, 0) is 4.79 Å². The van der Waals surface area contributed by atoms with E-state index in [0.717, 1.165) is 10.4 Å². The summed E-state index contributed by atoms with van der Waals surface area (Å²) in [6, 6.07) is 9.18. The lowest BCUT2D eigenvalue weighted by Crippen LogP contribution is -2.13. The molecule has 2 heterocycles. The van der Waals surface area contributed by atoms with Crippen molar-refractivity contribution in [2.24, 2.45) is 0 Å². The lowest BCUT2D eigenvalue weighted by Gasteiger charge is -2.04. The summed E-state index contributed by atoms with van der Waals surface area (Å²) in [5.41, 5.74) is 2.17. The second-order valence-corrected chi connectivity index (χ2v) is 5.48. The van der Waals surface area contributed by atoms with Gasteiger partial charge in [0.05, 0.1) is 5.75 Å². The van der Waals surface area contributed by atoms with Crippen molar-refractivity contribution in [2.75, 3.05) is 11.1 Å². The first-order valence-electron chi connectivity index (χ1n) is 6.40. The van der Waals surface area contributed by atoms with Gasteiger partial charge in [-0.15, -0.1) is 11.8 Å². The Bertz CT molecular complexity index is 771. The molecule has 0 spiro atoms. The summed E-state index contributed by atoms with van der Waals surface area (Å²) in [7, 11) is 0. The fraction of sp³-hybridized carbons (Fsp3) is 0.133. The Labute approximate surface area is 125 Å². The highest BCUT2D eigenvalue weighted by Gasteiger charge is 2.07. The van der Waals surface area contributed by atoms with Crippen molar-refractivity contribution in [2.45, 2.75) is 11.8 Å². The molecule has 1 aromatic carbocycles. The van der Waals surface area contributed by atoms with Gasteiger partial charge in [0.2, 0.25) is 5.91 Å². The molecule has 0 aliphatic rings. The maximum absolute atomic E-state index is 11.9. The molecular weight excluding hydrogens is 286 g/mol. The average Bonchev–Trinajstić information content (AvgIpc) is 2.85. The Balaban J connectivity index is 1.63. The first kappa shape index (κ1) is 13.6. The summed E-state index contributed by atoms with van der Waals surface area (Å²) in [6.45, 7) is 1.80. The van der Waals surface area contributed by atoms with E-state index in [9.17, 15) is 4.79 Å². The second-order valence-electron chi connectivity index (χ2n) is 4.44. The molecule has 3 aromatic rings. The highest BCUT2D eigenvalue weighted by atomic mass is 32.2. The Morgan fingerprint density at radius 3 is 2.90 bits per heavy atom. The van der Waals surface area contributed by atoms with E-state index in [4.69, 9.17) is 4.42 Å². The minimum absolute atomic E-state index is 0.0626. The summed E-state index contributed by atoms with van der Waals surface area (Å²) in [6.07, 6.45) is 3.42. The van der Waals surface area contributed by atoms with Crippen LogP contribution in [0.15, 0.2) is 52.0 Å². The lowest BCUT2D eigenvalue weighted by molar-refractivity contribution is -0.113.